The molecule has 0 spiro atoms. The van der Waals surface area contributed by atoms with E-state index in [0.717, 1.165) is 44.0 Å². The molecule has 0 unspecified atom stereocenters. The predicted molar refractivity (Wildman–Crippen MR) is 129 cm³/mol. The van der Waals surface area contributed by atoms with E-state index in [4.69, 9.17) is 0 Å². The van der Waals surface area contributed by atoms with E-state index in [-0.39, 0.29) is 10.6 Å². The third-order valence-electron chi connectivity index (χ3n) is 6.37. The number of hydrogen-bond donors (Lipinski definition) is 1. The highest BCUT2D eigenvalue weighted by atomic mass is 32.2. The molecule has 7 nitrogen and oxygen atoms in total. The number of anilines is 3. The average Bonchev–Trinajstić information content (AvgIpc) is 2.75. The molecule has 0 aliphatic carbocycles. The summed E-state index contributed by atoms with van der Waals surface area (Å²) in [6.07, 6.45) is 3.72. The van der Waals surface area contributed by atoms with Crippen molar-refractivity contribution < 1.29 is 16.8 Å². The molecule has 1 N–H and O–H groups in total. The van der Waals surface area contributed by atoms with Crippen molar-refractivity contribution in [2.24, 2.45) is 5.92 Å². The summed E-state index contributed by atoms with van der Waals surface area (Å²) < 4.78 is 55.2. The quantitative estimate of drug-likeness (QED) is 0.704. The molecule has 2 aromatic carbocycles. The molecule has 2 aliphatic heterocycles. The maximum Gasteiger partial charge on any atom is 0.262 e. The van der Waals surface area contributed by atoms with Crippen LogP contribution in [0.5, 0.6) is 0 Å². The predicted octanol–water partition coefficient (Wildman–Crippen LogP) is 3.96. The minimum absolute atomic E-state index is 0.0868. The summed E-state index contributed by atoms with van der Waals surface area (Å²) in [6.45, 7) is 6.38. The van der Waals surface area contributed by atoms with Gasteiger partial charge in [-0.2, -0.15) is 0 Å². The molecule has 4 rings (SSSR count). The fraction of sp³-hybridized carbons (Fsp3) is 0.478. The zero-order valence-electron chi connectivity index (χ0n) is 18.6. The van der Waals surface area contributed by atoms with Crippen molar-refractivity contribution in [3.05, 3.63) is 48.0 Å². The Hall–Kier alpha value is -2.26. The van der Waals surface area contributed by atoms with Gasteiger partial charge in [0.1, 0.15) is 0 Å². The SMILES string of the molecule is Cc1ccc(N2CCCCS2(=O)=O)cc1S(=O)(=O)Nc1ccc(N2CCC(C)CC2)cc1. The summed E-state index contributed by atoms with van der Waals surface area (Å²) in [4.78, 5) is 2.41. The van der Waals surface area contributed by atoms with Gasteiger partial charge >= 0.3 is 0 Å². The normalized spacial score (nSPS) is 19.7. The van der Waals surface area contributed by atoms with Crippen LogP contribution in [0.15, 0.2) is 47.4 Å². The van der Waals surface area contributed by atoms with Crippen LogP contribution >= 0.6 is 0 Å². The molecule has 0 atom stereocenters. The molecular formula is C23H31N3O4S2. The van der Waals surface area contributed by atoms with Gasteiger partial charge in [0.2, 0.25) is 10.0 Å². The Morgan fingerprint density at radius 2 is 1.59 bits per heavy atom. The van der Waals surface area contributed by atoms with Gasteiger partial charge in [0.15, 0.2) is 0 Å². The molecule has 2 aromatic rings. The fourth-order valence-electron chi connectivity index (χ4n) is 4.33. The molecule has 174 valence electrons. The van der Waals surface area contributed by atoms with Gasteiger partial charge in [0.25, 0.3) is 10.0 Å². The Morgan fingerprint density at radius 3 is 2.25 bits per heavy atom. The van der Waals surface area contributed by atoms with Gasteiger partial charge in [-0.15, -0.1) is 0 Å². The van der Waals surface area contributed by atoms with E-state index in [0.29, 0.717) is 29.9 Å². The lowest BCUT2D eigenvalue weighted by molar-refractivity contribution is 0.438. The lowest BCUT2D eigenvalue weighted by Gasteiger charge is -2.32. The number of nitrogens with zero attached hydrogens (tertiary/aromatic N) is 2. The maximum absolute atomic E-state index is 13.2. The first-order valence-electron chi connectivity index (χ1n) is 11.1. The Balaban J connectivity index is 1.54. The lowest BCUT2D eigenvalue weighted by atomic mass is 9.99. The highest BCUT2D eigenvalue weighted by Crippen LogP contribution is 2.30. The van der Waals surface area contributed by atoms with Crippen molar-refractivity contribution >= 4 is 37.1 Å². The van der Waals surface area contributed by atoms with Gasteiger partial charge in [0, 0.05) is 31.0 Å². The maximum atomic E-state index is 13.2. The van der Waals surface area contributed by atoms with E-state index in [1.165, 1.54) is 10.4 Å². The molecule has 0 amide bonds. The summed E-state index contributed by atoms with van der Waals surface area (Å²) >= 11 is 0. The van der Waals surface area contributed by atoms with Gasteiger partial charge in [-0.05, 0) is 80.5 Å². The molecule has 0 radical (unpaired) electrons. The average molecular weight is 478 g/mol. The van der Waals surface area contributed by atoms with Crippen LogP contribution in [-0.4, -0.2) is 42.2 Å². The zero-order chi connectivity index (χ0) is 22.9. The minimum atomic E-state index is -3.87. The molecule has 2 heterocycles. The number of piperidine rings is 1. The molecule has 0 aromatic heterocycles. The summed E-state index contributed by atoms with van der Waals surface area (Å²) in [5, 5.41) is 0. The van der Waals surface area contributed by atoms with Crippen LogP contribution in [0, 0.1) is 12.8 Å². The molecule has 0 saturated carbocycles. The molecule has 2 fully saturated rings. The van der Waals surface area contributed by atoms with Crippen molar-refractivity contribution in [2.75, 3.05) is 39.3 Å². The van der Waals surface area contributed by atoms with Crippen LogP contribution in [0.4, 0.5) is 17.1 Å². The standard InChI is InChI=1S/C23H31N3O4S2/c1-18-11-14-25(15-12-18)21-9-6-20(7-10-21)24-32(29,30)23-17-22(8-5-19(23)2)26-13-3-4-16-31(26,27)28/h5-10,17-18,24H,3-4,11-16H2,1-2H3. The number of hydrogen-bond acceptors (Lipinski definition) is 5. The molecule has 0 bridgehead atoms. The summed E-state index contributed by atoms with van der Waals surface area (Å²) in [6, 6.07) is 12.2. The lowest BCUT2D eigenvalue weighted by Crippen LogP contribution is -2.38. The van der Waals surface area contributed by atoms with Gasteiger partial charge in [-0.25, -0.2) is 16.8 Å². The summed E-state index contributed by atoms with van der Waals surface area (Å²) in [7, 11) is -7.29. The van der Waals surface area contributed by atoms with Crippen molar-refractivity contribution in [1.82, 2.24) is 0 Å². The van der Waals surface area contributed by atoms with E-state index in [1.54, 1.807) is 31.2 Å². The number of benzene rings is 2. The minimum Gasteiger partial charge on any atom is -0.372 e. The van der Waals surface area contributed by atoms with Crippen LogP contribution in [0.3, 0.4) is 0 Å². The largest absolute Gasteiger partial charge is 0.372 e. The second-order valence-electron chi connectivity index (χ2n) is 8.87. The molecule has 9 heteroatoms. The van der Waals surface area contributed by atoms with E-state index in [1.807, 2.05) is 12.1 Å². The molecule has 2 saturated heterocycles. The summed E-state index contributed by atoms with van der Waals surface area (Å²) in [5.74, 6) is 0.833. The fourth-order valence-corrected chi connectivity index (χ4v) is 7.28. The van der Waals surface area contributed by atoms with Crippen LogP contribution in [0.2, 0.25) is 0 Å². The second-order valence-corrected chi connectivity index (χ2v) is 12.5. The van der Waals surface area contributed by atoms with Crippen LogP contribution in [-0.2, 0) is 20.0 Å². The highest BCUT2D eigenvalue weighted by molar-refractivity contribution is 7.93. The van der Waals surface area contributed by atoms with Crippen molar-refractivity contribution in [3.8, 4) is 0 Å². The molecule has 2 aliphatic rings. The Morgan fingerprint density at radius 1 is 0.938 bits per heavy atom. The van der Waals surface area contributed by atoms with Gasteiger partial charge in [-0.3, -0.25) is 9.03 Å². The first kappa shape index (κ1) is 22.9. The first-order valence-corrected chi connectivity index (χ1v) is 14.2. The van der Waals surface area contributed by atoms with E-state index >= 15 is 0 Å². The number of aryl methyl sites for hydroxylation is 1. The first-order chi connectivity index (χ1) is 15.2. The van der Waals surface area contributed by atoms with Crippen molar-refractivity contribution in [2.45, 2.75) is 44.4 Å². The van der Waals surface area contributed by atoms with Crippen LogP contribution in [0.1, 0.15) is 38.2 Å². The van der Waals surface area contributed by atoms with Crippen LogP contribution in [0.25, 0.3) is 0 Å². The Kier molecular flexibility index (Phi) is 6.40. The molecular weight excluding hydrogens is 446 g/mol. The van der Waals surface area contributed by atoms with Gasteiger partial charge in [-0.1, -0.05) is 13.0 Å². The highest BCUT2D eigenvalue weighted by Gasteiger charge is 2.28. The van der Waals surface area contributed by atoms with Gasteiger partial charge in [0.05, 0.1) is 16.3 Å². The third kappa shape index (κ3) is 4.88. The summed E-state index contributed by atoms with van der Waals surface area (Å²) in [5.41, 5.74) is 2.53. The number of sulfonamides is 2. The molecule has 32 heavy (non-hydrogen) atoms. The van der Waals surface area contributed by atoms with Gasteiger partial charge < -0.3 is 4.90 Å². The second kappa shape index (κ2) is 8.94. The van der Waals surface area contributed by atoms with Crippen molar-refractivity contribution in [3.63, 3.8) is 0 Å². The Bertz CT molecular complexity index is 1170. The van der Waals surface area contributed by atoms with E-state index in [2.05, 4.69) is 16.5 Å². The zero-order valence-corrected chi connectivity index (χ0v) is 20.3. The topological polar surface area (TPSA) is 86.8 Å². The number of rotatable bonds is 5. The van der Waals surface area contributed by atoms with E-state index < -0.39 is 20.0 Å². The number of nitrogens with one attached hydrogen (secondary N) is 1. The third-order valence-corrected chi connectivity index (χ3v) is 9.76. The van der Waals surface area contributed by atoms with Crippen molar-refractivity contribution in [1.29, 1.82) is 0 Å². The van der Waals surface area contributed by atoms with Crippen LogP contribution < -0.4 is 13.9 Å². The Labute approximate surface area is 191 Å². The monoisotopic (exact) mass is 477 g/mol. The van der Waals surface area contributed by atoms with E-state index in [9.17, 15) is 16.8 Å². The smallest absolute Gasteiger partial charge is 0.262 e.